The van der Waals surface area contributed by atoms with Crippen molar-refractivity contribution in [3.8, 4) is 0 Å². The van der Waals surface area contributed by atoms with Crippen LogP contribution in [-0.4, -0.2) is 28.5 Å². The van der Waals surface area contributed by atoms with Crippen LogP contribution in [0.2, 0.25) is 0 Å². The molecule has 1 aromatic heterocycles. The second kappa shape index (κ2) is 7.88. The lowest BCUT2D eigenvalue weighted by Gasteiger charge is -2.12. The molecule has 0 atom stereocenters. The molecule has 0 radical (unpaired) electrons. The van der Waals surface area contributed by atoms with Crippen molar-refractivity contribution in [1.29, 1.82) is 0 Å². The van der Waals surface area contributed by atoms with E-state index in [1.54, 1.807) is 6.08 Å². The fourth-order valence-corrected chi connectivity index (χ4v) is 4.21. The molecule has 7 heteroatoms. The average Bonchev–Trinajstić information content (AvgIpc) is 3.14. The van der Waals surface area contributed by atoms with Crippen LogP contribution in [0.5, 0.6) is 0 Å². The van der Waals surface area contributed by atoms with Gasteiger partial charge in [0.25, 0.3) is 11.1 Å². The Kier molecular flexibility index (Phi) is 5.58. The Bertz CT molecular complexity index is 884. The number of nitrogens with one attached hydrogen (secondary N) is 1. The smallest absolute Gasteiger partial charge is 0.294 e. The van der Waals surface area contributed by atoms with Gasteiger partial charge in [0.1, 0.15) is 6.54 Å². The molecule has 1 saturated heterocycles. The number of amides is 3. The second-order valence-electron chi connectivity index (χ2n) is 5.83. The van der Waals surface area contributed by atoms with Crippen molar-refractivity contribution in [2.24, 2.45) is 0 Å². The zero-order chi connectivity index (χ0) is 18.7. The number of thioether (sulfide) groups is 1. The van der Waals surface area contributed by atoms with Gasteiger partial charge in [0.2, 0.25) is 5.91 Å². The van der Waals surface area contributed by atoms with E-state index in [0.717, 1.165) is 33.5 Å². The molecule has 134 valence electrons. The summed E-state index contributed by atoms with van der Waals surface area (Å²) in [6.45, 7) is 3.71. The number of nitrogens with zero attached hydrogens (tertiary/aromatic N) is 1. The molecule has 0 bridgehead atoms. The number of hydrogen-bond acceptors (Lipinski definition) is 5. The third-order valence-electron chi connectivity index (χ3n) is 3.99. The molecule has 0 spiro atoms. The van der Waals surface area contributed by atoms with Gasteiger partial charge in [-0.2, -0.15) is 0 Å². The van der Waals surface area contributed by atoms with Gasteiger partial charge in [-0.1, -0.05) is 19.1 Å². The SMILES string of the molecule is CCc1ccc(NC(=O)CN2C(=O)S/C(=C/c3sccc3C)C2=O)cc1. The van der Waals surface area contributed by atoms with Crippen LogP contribution in [-0.2, 0) is 16.0 Å². The van der Waals surface area contributed by atoms with Gasteiger partial charge in [0, 0.05) is 10.6 Å². The largest absolute Gasteiger partial charge is 0.325 e. The van der Waals surface area contributed by atoms with E-state index < -0.39 is 17.1 Å². The first kappa shape index (κ1) is 18.4. The van der Waals surface area contributed by atoms with Crippen LogP contribution in [0.1, 0.15) is 22.9 Å². The predicted molar refractivity (Wildman–Crippen MR) is 106 cm³/mol. The summed E-state index contributed by atoms with van der Waals surface area (Å²) in [7, 11) is 0. The van der Waals surface area contributed by atoms with Crippen molar-refractivity contribution < 1.29 is 14.4 Å². The Morgan fingerprint density at radius 1 is 1.19 bits per heavy atom. The summed E-state index contributed by atoms with van der Waals surface area (Å²) in [5, 5.41) is 4.23. The molecule has 0 saturated carbocycles. The zero-order valence-corrected chi connectivity index (χ0v) is 16.1. The summed E-state index contributed by atoms with van der Waals surface area (Å²) in [5.74, 6) is -0.825. The third-order valence-corrected chi connectivity index (χ3v) is 5.86. The van der Waals surface area contributed by atoms with Crippen molar-refractivity contribution in [3.63, 3.8) is 0 Å². The van der Waals surface area contributed by atoms with E-state index in [4.69, 9.17) is 0 Å². The number of anilines is 1. The minimum atomic E-state index is -0.427. The summed E-state index contributed by atoms with van der Waals surface area (Å²) in [4.78, 5) is 39.1. The van der Waals surface area contributed by atoms with E-state index in [0.29, 0.717) is 10.6 Å². The van der Waals surface area contributed by atoms with Crippen molar-refractivity contribution in [3.05, 3.63) is 56.6 Å². The number of carbonyl (C=O) groups is 3. The number of hydrogen-bond donors (Lipinski definition) is 1. The van der Waals surface area contributed by atoms with Gasteiger partial charge in [-0.05, 0) is 65.9 Å². The van der Waals surface area contributed by atoms with Crippen molar-refractivity contribution in [2.45, 2.75) is 20.3 Å². The summed E-state index contributed by atoms with van der Waals surface area (Å²) in [6, 6.07) is 9.44. The maximum absolute atomic E-state index is 12.5. The van der Waals surface area contributed by atoms with E-state index in [-0.39, 0.29) is 6.54 Å². The second-order valence-corrected chi connectivity index (χ2v) is 7.78. The molecule has 26 heavy (non-hydrogen) atoms. The molecule has 1 aromatic carbocycles. The van der Waals surface area contributed by atoms with Crippen LogP contribution < -0.4 is 5.32 Å². The Balaban J connectivity index is 1.66. The van der Waals surface area contributed by atoms with Gasteiger partial charge in [0.15, 0.2) is 0 Å². The first-order valence-electron chi connectivity index (χ1n) is 8.16. The molecule has 3 amide bonds. The average molecular weight is 386 g/mol. The van der Waals surface area contributed by atoms with Crippen molar-refractivity contribution in [2.75, 3.05) is 11.9 Å². The first-order valence-corrected chi connectivity index (χ1v) is 9.85. The Morgan fingerprint density at radius 2 is 1.92 bits per heavy atom. The fourth-order valence-electron chi connectivity index (χ4n) is 2.46. The maximum atomic E-state index is 12.5. The number of benzene rings is 1. The molecule has 1 aliphatic rings. The molecule has 2 heterocycles. The number of imide groups is 1. The molecule has 1 aliphatic heterocycles. The minimum absolute atomic E-state index is 0.291. The standard InChI is InChI=1S/C19H18N2O3S2/c1-3-13-4-6-14(7-5-13)20-17(22)11-21-18(23)16(26-19(21)24)10-15-12(2)8-9-25-15/h4-10H,3,11H2,1-2H3,(H,20,22)/b16-10+. The normalized spacial score (nSPS) is 15.8. The number of carbonyl (C=O) groups excluding carboxylic acids is 3. The molecule has 0 aliphatic carbocycles. The van der Waals surface area contributed by atoms with Crippen LogP contribution in [0.25, 0.3) is 6.08 Å². The summed E-state index contributed by atoms with van der Waals surface area (Å²) in [6.07, 6.45) is 2.63. The van der Waals surface area contributed by atoms with E-state index in [9.17, 15) is 14.4 Å². The van der Waals surface area contributed by atoms with Gasteiger partial charge in [-0.3, -0.25) is 19.3 Å². The first-order chi connectivity index (χ1) is 12.5. The highest BCUT2D eigenvalue weighted by Gasteiger charge is 2.36. The van der Waals surface area contributed by atoms with Crippen LogP contribution in [0.4, 0.5) is 10.5 Å². The summed E-state index contributed by atoms with van der Waals surface area (Å²) < 4.78 is 0. The summed E-state index contributed by atoms with van der Waals surface area (Å²) >= 11 is 2.38. The topological polar surface area (TPSA) is 66.5 Å². The lowest BCUT2D eigenvalue weighted by atomic mass is 10.1. The van der Waals surface area contributed by atoms with Gasteiger partial charge >= 0.3 is 0 Å². The molecular formula is C19H18N2O3S2. The Hall–Kier alpha value is -2.38. The quantitative estimate of drug-likeness (QED) is 0.779. The van der Waals surface area contributed by atoms with Gasteiger partial charge in [-0.25, -0.2) is 0 Å². The van der Waals surface area contributed by atoms with Gasteiger partial charge in [-0.15, -0.1) is 11.3 Å². The fraction of sp³-hybridized carbons (Fsp3) is 0.211. The molecule has 0 unspecified atom stereocenters. The van der Waals surface area contributed by atoms with Crippen LogP contribution >= 0.6 is 23.1 Å². The van der Waals surface area contributed by atoms with E-state index >= 15 is 0 Å². The van der Waals surface area contributed by atoms with Crippen LogP contribution in [0.3, 0.4) is 0 Å². The maximum Gasteiger partial charge on any atom is 0.294 e. The number of aryl methyl sites for hydroxylation is 2. The molecule has 1 fully saturated rings. The molecule has 5 nitrogen and oxygen atoms in total. The minimum Gasteiger partial charge on any atom is -0.325 e. The highest BCUT2D eigenvalue weighted by Crippen LogP contribution is 2.33. The Morgan fingerprint density at radius 3 is 2.54 bits per heavy atom. The molecular weight excluding hydrogens is 368 g/mol. The summed E-state index contributed by atoms with van der Waals surface area (Å²) in [5.41, 5.74) is 2.86. The van der Waals surface area contributed by atoms with E-state index in [1.807, 2.05) is 42.6 Å². The van der Waals surface area contributed by atoms with E-state index in [2.05, 4.69) is 12.2 Å². The number of rotatable bonds is 5. The highest BCUT2D eigenvalue weighted by molar-refractivity contribution is 8.18. The monoisotopic (exact) mass is 386 g/mol. The van der Waals surface area contributed by atoms with E-state index in [1.165, 1.54) is 16.9 Å². The molecule has 1 N–H and O–H groups in total. The zero-order valence-electron chi connectivity index (χ0n) is 14.4. The third kappa shape index (κ3) is 4.05. The lowest BCUT2D eigenvalue weighted by Crippen LogP contribution is -2.36. The van der Waals surface area contributed by atoms with Gasteiger partial charge < -0.3 is 5.32 Å². The van der Waals surface area contributed by atoms with Crippen molar-refractivity contribution >= 4 is 51.9 Å². The predicted octanol–water partition coefficient (Wildman–Crippen LogP) is 4.29. The highest BCUT2D eigenvalue weighted by atomic mass is 32.2. The lowest BCUT2D eigenvalue weighted by molar-refractivity contribution is -0.127. The van der Waals surface area contributed by atoms with Crippen molar-refractivity contribution in [1.82, 2.24) is 4.90 Å². The van der Waals surface area contributed by atoms with Crippen LogP contribution in [0.15, 0.2) is 40.6 Å². The number of thiophene rings is 1. The Labute approximate surface area is 160 Å². The molecule has 2 aromatic rings. The molecule has 3 rings (SSSR count). The van der Waals surface area contributed by atoms with Crippen LogP contribution in [0, 0.1) is 6.92 Å². The van der Waals surface area contributed by atoms with Gasteiger partial charge in [0.05, 0.1) is 4.91 Å².